The third kappa shape index (κ3) is 8.43. The molecule has 1 aromatic heterocycles. The number of halogens is 1. The van der Waals surface area contributed by atoms with Crippen LogP contribution >= 0.6 is 0 Å². The summed E-state index contributed by atoms with van der Waals surface area (Å²) in [6.07, 6.45) is 7.03. The monoisotopic (exact) mass is 612 g/mol. The van der Waals surface area contributed by atoms with Crippen molar-refractivity contribution in [2.75, 3.05) is 23.7 Å². The number of nitrogens with zero attached hydrogens (tertiary/aromatic N) is 3. The number of aromatic nitrogens is 2. The Morgan fingerprint density at radius 3 is 2.36 bits per heavy atom. The van der Waals surface area contributed by atoms with Crippen LogP contribution < -0.4 is 16.0 Å². The Labute approximate surface area is 257 Å². The van der Waals surface area contributed by atoms with Gasteiger partial charge in [0.25, 0.3) is 0 Å². The van der Waals surface area contributed by atoms with Crippen molar-refractivity contribution >= 4 is 35.1 Å². The van der Waals surface area contributed by atoms with Gasteiger partial charge in [-0.15, -0.1) is 0 Å². The van der Waals surface area contributed by atoms with Crippen LogP contribution in [0.5, 0.6) is 0 Å². The maximum absolute atomic E-state index is 15.4. The van der Waals surface area contributed by atoms with Crippen LogP contribution in [0.15, 0.2) is 30.5 Å². The van der Waals surface area contributed by atoms with Crippen LogP contribution in [0.25, 0.3) is 0 Å². The van der Waals surface area contributed by atoms with Crippen molar-refractivity contribution in [3.63, 3.8) is 0 Å². The number of hydrogen-bond donors (Lipinski definition) is 4. The minimum Gasteiger partial charge on any atom is -0.390 e. The van der Waals surface area contributed by atoms with Gasteiger partial charge in [0.1, 0.15) is 23.6 Å². The first-order chi connectivity index (χ1) is 21.0. The lowest BCUT2D eigenvalue weighted by atomic mass is 9.79. The van der Waals surface area contributed by atoms with Gasteiger partial charge < -0.3 is 26.0 Å². The maximum Gasteiger partial charge on any atom is 0.245 e. The second kappa shape index (κ2) is 14.8. The first-order valence-corrected chi connectivity index (χ1v) is 15.7. The molecule has 0 radical (unpaired) electrons. The van der Waals surface area contributed by atoms with Crippen molar-refractivity contribution in [3.8, 4) is 0 Å². The van der Waals surface area contributed by atoms with E-state index in [2.05, 4.69) is 21.0 Å². The molecule has 0 spiro atoms. The van der Waals surface area contributed by atoms with E-state index in [1.807, 2.05) is 6.92 Å². The molecule has 2 aliphatic rings. The Morgan fingerprint density at radius 2 is 1.73 bits per heavy atom. The fraction of sp³-hybridized carbons (Fsp3) is 0.594. The SMILES string of the molecule is CCC(=O)N[C@H](Cc1ccc(NC(=O)[C@@H](C(=O)Nc2ccnn2CC)C2CCCCC2)c(F)c1)C(=O)N1CCC(C)(O)CC1. The third-order valence-electron chi connectivity index (χ3n) is 8.79. The molecule has 1 aromatic carbocycles. The molecule has 4 rings (SSSR count). The predicted molar refractivity (Wildman–Crippen MR) is 164 cm³/mol. The van der Waals surface area contributed by atoms with E-state index in [1.54, 1.807) is 41.8 Å². The fourth-order valence-electron chi connectivity index (χ4n) is 6.07. The molecule has 12 heteroatoms. The summed E-state index contributed by atoms with van der Waals surface area (Å²) in [5.74, 6) is -3.00. The molecule has 4 N–H and O–H groups in total. The summed E-state index contributed by atoms with van der Waals surface area (Å²) in [7, 11) is 0. The van der Waals surface area contributed by atoms with Crippen molar-refractivity contribution in [1.82, 2.24) is 20.0 Å². The summed E-state index contributed by atoms with van der Waals surface area (Å²) in [4.78, 5) is 54.2. The standard InChI is InChI=1S/C32H45FN6O5/c1-4-27(40)35-25(31(43)38-17-14-32(3,44)15-18-38)20-21-11-12-24(23(33)19-21)36-29(41)28(22-9-7-6-8-10-22)30(42)37-26-13-16-34-39(26)5-2/h11-13,16,19,22,25,28,44H,4-10,14-15,17-18,20H2,1-3H3,(H,35,40)(H,36,41)(H,37,42)/t25-,28+/m1/s1. The van der Waals surface area contributed by atoms with E-state index in [0.717, 1.165) is 32.1 Å². The lowest BCUT2D eigenvalue weighted by Crippen LogP contribution is -2.53. The fourth-order valence-corrected chi connectivity index (χ4v) is 6.07. The van der Waals surface area contributed by atoms with Crippen LogP contribution in [-0.4, -0.2) is 68.1 Å². The van der Waals surface area contributed by atoms with Crippen LogP contribution in [0.1, 0.15) is 77.7 Å². The zero-order valence-corrected chi connectivity index (χ0v) is 25.9. The normalized spacial score (nSPS) is 18.2. The van der Waals surface area contributed by atoms with E-state index >= 15 is 4.39 Å². The number of aryl methyl sites for hydroxylation is 1. The number of nitrogens with one attached hydrogen (secondary N) is 3. The molecule has 4 amide bonds. The summed E-state index contributed by atoms with van der Waals surface area (Å²) < 4.78 is 17.0. The van der Waals surface area contributed by atoms with Gasteiger partial charge in [-0.2, -0.15) is 5.10 Å². The molecule has 2 aromatic rings. The Kier molecular flexibility index (Phi) is 11.1. The Hall–Kier alpha value is -3.80. The van der Waals surface area contributed by atoms with Gasteiger partial charge >= 0.3 is 0 Å². The summed E-state index contributed by atoms with van der Waals surface area (Å²) >= 11 is 0. The van der Waals surface area contributed by atoms with Gasteiger partial charge in [-0.25, -0.2) is 9.07 Å². The maximum atomic E-state index is 15.4. The second-order valence-corrected chi connectivity index (χ2v) is 12.2. The van der Waals surface area contributed by atoms with Crippen molar-refractivity contribution in [2.24, 2.45) is 11.8 Å². The molecule has 11 nitrogen and oxygen atoms in total. The number of carbonyl (C=O) groups excluding carboxylic acids is 4. The number of hydrogen-bond acceptors (Lipinski definition) is 6. The summed E-state index contributed by atoms with van der Waals surface area (Å²) in [5.41, 5.74) is -0.435. The number of rotatable bonds is 11. The lowest BCUT2D eigenvalue weighted by Gasteiger charge is -2.37. The van der Waals surface area contributed by atoms with Crippen LogP contribution in [0.3, 0.4) is 0 Å². The first-order valence-electron chi connectivity index (χ1n) is 15.7. The van der Waals surface area contributed by atoms with Gasteiger partial charge in [0.05, 0.1) is 17.5 Å². The van der Waals surface area contributed by atoms with Gasteiger partial charge in [-0.05, 0) is 63.1 Å². The molecule has 2 heterocycles. The molecule has 44 heavy (non-hydrogen) atoms. The molecule has 240 valence electrons. The van der Waals surface area contributed by atoms with Gasteiger partial charge in [-0.3, -0.25) is 19.2 Å². The highest BCUT2D eigenvalue weighted by Gasteiger charge is 2.37. The number of aliphatic hydroxyl groups is 1. The largest absolute Gasteiger partial charge is 0.390 e. The summed E-state index contributed by atoms with van der Waals surface area (Å²) in [6.45, 7) is 6.59. The molecule has 1 saturated carbocycles. The van der Waals surface area contributed by atoms with E-state index in [1.165, 1.54) is 12.1 Å². The first kappa shape index (κ1) is 33.1. The zero-order valence-electron chi connectivity index (χ0n) is 25.9. The highest BCUT2D eigenvalue weighted by atomic mass is 19.1. The number of piperidine rings is 1. The Bertz CT molecular complexity index is 1330. The van der Waals surface area contributed by atoms with Crippen LogP contribution in [-0.2, 0) is 32.1 Å². The highest BCUT2D eigenvalue weighted by Crippen LogP contribution is 2.32. The molecule has 0 unspecified atom stereocenters. The van der Waals surface area contributed by atoms with E-state index in [-0.39, 0.29) is 36.3 Å². The van der Waals surface area contributed by atoms with Gasteiger partial charge in [0.15, 0.2) is 0 Å². The van der Waals surface area contributed by atoms with E-state index < -0.39 is 35.2 Å². The minimum atomic E-state index is -1.01. The van der Waals surface area contributed by atoms with Gasteiger partial charge in [-0.1, -0.05) is 32.3 Å². The Morgan fingerprint density at radius 1 is 1.05 bits per heavy atom. The molecule has 2 atom stereocenters. The molecule has 1 aliphatic heterocycles. The molecule has 0 bridgehead atoms. The van der Waals surface area contributed by atoms with Gasteiger partial charge in [0.2, 0.25) is 23.6 Å². The molecular weight excluding hydrogens is 567 g/mol. The quantitative estimate of drug-likeness (QED) is 0.285. The van der Waals surface area contributed by atoms with E-state index in [4.69, 9.17) is 0 Å². The summed E-state index contributed by atoms with van der Waals surface area (Å²) in [6, 6.07) is 5.04. The number of benzene rings is 1. The average Bonchev–Trinajstić information content (AvgIpc) is 3.45. The van der Waals surface area contributed by atoms with E-state index in [0.29, 0.717) is 43.9 Å². The van der Waals surface area contributed by atoms with Crippen molar-refractivity contribution < 1.29 is 28.7 Å². The number of carbonyl (C=O) groups is 4. The van der Waals surface area contributed by atoms with Crippen LogP contribution in [0.4, 0.5) is 15.9 Å². The molecule has 2 fully saturated rings. The van der Waals surface area contributed by atoms with Crippen LogP contribution in [0.2, 0.25) is 0 Å². The molecule has 1 aliphatic carbocycles. The predicted octanol–water partition coefficient (Wildman–Crippen LogP) is 3.63. The van der Waals surface area contributed by atoms with Crippen molar-refractivity contribution in [3.05, 3.63) is 41.8 Å². The average molecular weight is 613 g/mol. The topological polar surface area (TPSA) is 146 Å². The number of amides is 4. The van der Waals surface area contributed by atoms with E-state index in [9.17, 15) is 24.3 Å². The third-order valence-corrected chi connectivity index (χ3v) is 8.79. The number of anilines is 2. The zero-order chi connectivity index (χ0) is 31.9. The van der Waals surface area contributed by atoms with Crippen molar-refractivity contribution in [2.45, 2.75) is 96.7 Å². The smallest absolute Gasteiger partial charge is 0.245 e. The Balaban J connectivity index is 1.48. The van der Waals surface area contributed by atoms with Gasteiger partial charge in [0, 0.05) is 38.5 Å². The van der Waals surface area contributed by atoms with Crippen molar-refractivity contribution in [1.29, 1.82) is 0 Å². The molecule has 1 saturated heterocycles. The van der Waals surface area contributed by atoms with Crippen LogP contribution in [0, 0.1) is 17.7 Å². The number of likely N-dealkylation sites (tertiary alicyclic amines) is 1. The lowest BCUT2D eigenvalue weighted by molar-refractivity contribution is -0.139. The second-order valence-electron chi connectivity index (χ2n) is 12.2. The highest BCUT2D eigenvalue weighted by molar-refractivity contribution is 6.10. The minimum absolute atomic E-state index is 0.0564. The molecular formula is C32H45FN6O5. The summed E-state index contributed by atoms with van der Waals surface area (Å²) in [5, 5.41) is 22.7.